The van der Waals surface area contributed by atoms with Gasteiger partial charge in [-0.2, -0.15) is 0 Å². The molecule has 2 aromatic heterocycles. The van der Waals surface area contributed by atoms with E-state index in [1.165, 1.54) is 0 Å². The lowest BCUT2D eigenvalue weighted by Crippen LogP contribution is -1.98. The number of furan rings is 1. The van der Waals surface area contributed by atoms with E-state index in [4.69, 9.17) is 4.42 Å². The second-order valence-corrected chi connectivity index (χ2v) is 4.50. The second-order valence-electron chi connectivity index (χ2n) is 4.50. The van der Waals surface area contributed by atoms with Crippen molar-refractivity contribution in [1.82, 2.24) is 4.98 Å². The van der Waals surface area contributed by atoms with Crippen molar-refractivity contribution in [3.05, 3.63) is 66.9 Å². The first kappa shape index (κ1) is 12.3. The van der Waals surface area contributed by atoms with E-state index in [0.29, 0.717) is 6.54 Å². The first-order chi connectivity index (χ1) is 9.81. The van der Waals surface area contributed by atoms with Crippen LogP contribution >= 0.6 is 0 Å². The van der Waals surface area contributed by atoms with E-state index < -0.39 is 0 Å². The Balaban J connectivity index is 1.79. The quantitative estimate of drug-likeness (QED) is 0.756. The third-order valence-electron chi connectivity index (χ3n) is 2.99. The van der Waals surface area contributed by atoms with E-state index in [0.717, 1.165) is 22.4 Å². The first-order valence-corrected chi connectivity index (χ1v) is 6.31. The summed E-state index contributed by atoms with van der Waals surface area (Å²) in [7, 11) is 0. The topological polar surface area (TPSA) is 58.3 Å². The van der Waals surface area contributed by atoms with E-state index in [1.54, 1.807) is 37.1 Å². The minimum Gasteiger partial charge on any atom is -0.508 e. The van der Waals surface area contributed by atoms with Crippen molar-refractivity contribution in [1.29, 1.82) is 0 Å². The van der Waals surface area contributed by atoms with Crippen LogP contribution in [-0.2, 0) is 6.54 Å². The van der Waals surface area contributed by atoms with Gasteiger partial charge in [0.2, 0.25) is 0 Å². The van der Waals surface area contributed by atoms with Crippen LogP contribution in [-0.4, -0.2) is 10.1 Å². The molecule has 0 atom stereocenters. The van der Waals surface area contributed by atoms with Crippen LogP contribution in [0.5, 0.6) is 5.75 Å². The molecule has 0 aliphatic heterocycles. The molecule has 0 saturated heterocycles. The first-order valence-electron chi connectivity index (χ1n) is 6.31. The number of aromatic nitrogens is 1. The van der Waals surface area contributed by atoms with Gasteiger partial charge in [-0.1, -0.05) is 12.1 Å². The van der Waals surface area contributed by atoms with Gasteiger partial charge in [-0.3, -0.25) is 4.98 Å². The Hall–Kier alpha value is -2.75. The van der Waals surface area contributed by atoms with Crippen molar-refractivity contribution in [2.75, 3.05) is 5.32 Å². The zero-order valence-corrected chi connectivity index (χ0v) is 10.8. The number of phenolic OH excluding ortho intramolecular Hbond substituents is 1. The lowest BCUT2D eigenvalue weighted by atomic mass is 10.1. The van der Waals surface area contributed by atoms with Crippen molar-refractivity contribution in [2.45, 2.75) is 6.54 Å². The Morgan fingerprint density at radius 3 is 2.85 bits per heavy atom. The second kappa shape index (κ2) is 5.48. The SMILES string of the molecule is Oc1cccc(-c2cncc(NCc3ccoc3)c2)c1. The van der Waals surface area contributed by atoms with Crippen molar-refractivity contribution in [2.24, 2.45) is 0 Å². The molecule has 0 aliphatic rings. The van der Waals surface area contributed by atoms with Crippen LogP contribution in [0, 0.1) is 0 Å². The minimum absolute atomic E-state index is 0.249. The summed E-state index contributed by atoms with van der Waals surface area (Å²) in [5.41, 5.74) is 3.89. The number of hydrogen-bond acceptors (Lipinski definition) is 4. The molecule has 0 spiro atoms. The molecule has 3 rings (SSSR count). The monoisotopic (exact) mass is 266 g/mol. The molecule has 0 radical (unpaired) electrons. The molecule has 0 bridgehead atoms. The highest BCUT2D eigenvalue weighted by molar-refractivity contribution is 5.67. The molecule has 2 N–H and O–H groups in total. The maximum absolute atomic E-state index is 9.53. The molecule has 0 amide bonds. The van der Waals surface area contributed by atoms with Gasteiger partial charge in [-0.15, -0.1) is 0 Å². The molecule has 4 nitrogen and oxygen atoms in total. The smallest absolute Gasteiger partial charge is 0.116 e. The third kappa shape index (κ3) is 2.80. The van der Waals surface area contributed by atoms with Gasteiger partial charge in [-0.25, -0.2) is 0 Å². The molecular weight excluding hydrogens is 252 g/mol. The van der Waals surface area contributed by atoms with Crippen LogP contribution in [0.4, 0.5) is 5.69 Å². The molecule has 20 heavy (non-hydrogen) atoms. The lowest BCUT2D eigenvalue weighted by Gasteiger charge is -2.07. The molecule has 0 unspecified atom stereocenters. The predicted molar refractivity (Wildman–Crippen MR) is 77.4 cm³/mol. The highest BCUT2D eigenvalue weighted by Gasteiger charge is 2.02. The van der Waals surface area contributed by atoms with E-state index in [9.17, 15) is 5.11 Å². The zero-order valence-electron chi connectivity index (χ0n) is 10.8. The highest BCUT2D eigenvalue weighted by atomic mass is 16.3. The zero-order chi connectivity index (χ0) is 13.8. The Kier molecular flexibility index (Phi) is 3.37. The summed E-state index contributed by atoms with van der Waals surface area (Å²) in [6, 6.07) is 11.0. The van der Waals surface area contributed by atoms with Gasteiger partial charge in [-0.05, 0) is 29.8 Å². The van der Waals surface area contributed by atoms with Crippen molar-refractivity contribution < 1.29 is 9.52 Å². The number of anilines is 1. The number of phenols is 1. The van der Waals surface area contributed by atoms with Gasteiger partial charge in [0.25, 0.3) is 0 Å². The fourth-order valence-corrected chi connectivity index (χ4v) is 1.98. The highest BCUT2D eigenvalue weighted by Crippen LogP contribution is 2.24. The van der Waals surface area contributed by atoms with Crippen LogP contribution in [0.25, 0.3) is 11.1 Å². The predicted octanol–water partition coefficient (Wildman–Crippen LogP) is 3.66. The Morgan fingerprint density at radius 2 is 2.05 bits per heavy atom. The van der Waals surface area contributed by atoms with Crippen molar-refractivity contribution in [3.8, 4) is 16.9 Å². The lowest BCUT2D eigenvalue weighted by molar-refractivity contribution is 0.475. The number of benzene rings is 1. The fraction of sp³-hybridized carbons (Fsp3) is 0.0625. The standard InChI is InChI=1S/C16H14N2O2/c19-16-3-1-2-13(7-16)14-6-15(10-17-9-14)18-8-12-4-5-20-11-12/h1-7,9-11,18-19H,8H2. The molecule has 0 fully saturated rings. The summed E-state index contributed by atoms with van der Waals surface area (Å²) in [5.74, 6) is 0.249. The van der Waals surface area contributed by atoms with Gasteiger partial charge in [0.1, 0.15) is 5.75 Å². The van der Waals surface area contributed by atoms with Gasteiger partial charge in [0.15, 0.2) is 0 Å². The molecular formula is C16H14N2O2. The summed E-state index contributed by atoms with van der Waals surface area (Å²) in [6.45, 7) is 0.682. The number of hydrogen-bond donors (Lipinski definition) is 2. The van der Waals surface area contributed by atoms with Gasteiger partial charge in [0, 0.05) is 30.1 Å². The maximum atomic E-state index is 9.53. The minimum atomic E-state index is 0.249. The number of nitrogens with zero attached hydrogens (tertiary/aromatic N) is 1. The molecule has 4 heteroatoms. The van der Waals surface area contributed by atoms with Crippen molar-refractivity contribution in [3.63, 3.8) is 0 Å². The molecule has 2 heterocycles. The Labute approximate surface area is 116 Å². The molecule has 0 aliphatic carbocycles. The van der Waals surface area contributed by atoms with Gasteiger partial charge < -0.3 is 14.8 Å². The largest absolute Gasteiger partial charge is 0.508 e. The van der Waals surface area contributed by atoms with E-state index in [1.807, 2.05) is 24.3 Å². The van der Waals surface area contributed by atoms with Crippen molar-refractivity contribution >= 4 is 5.69 Å². The summed E-state index contributed by atoms with van der Waals surface area (Å²) < 4.78 is 5.03. The summed E-state index contributed by atoms with van der Waals surface area (Å²) in [5, 5.41) is 12.8. The number of rotatable bonds is 4. The van der Waals surface area contributed by atoms with Crippen LogP contribution in [0.15, 0.2) is 65.7 Å². The molecule has 3 aromatic rings. The van der Waals surface area contributed by atoms with E-state index in [-0.39, 0.29) is 5.75 Å². The Morgan fingerprint density at radius 1 is 1.10 bits per heavy atom. The maximum Gasteiger partial charge on any atom is 0.116 e. The van der Waals surface area contributed by atoms with Gasteiger partial charge in [0.05, 0.1) is 18.2 Å². The van der Waals surface area contributed by atoms with E-state index in [2.05, 4.69) is 10.3 Å². The Bertz CT molecular complexity index is 693. The number of aromatic hydroxyl groups is 1. The molecule has 100 valence electrons. The number of nitrogens with one attached hydrogen (secondary N) is 1. The normalized spacial score (nSPS) is 10.4. The van der Waals surface area contributed by atoms with Crippen LogP contribution < -0.4 is 5.32 Å². The molecule has 0 saturated carbocycles. The van der Waals surface area contributed by atoms with Crippen LogP contribution in [0.1, 0.15) is 5.56 Å². The third-order valence-corrected chi connectivity index (χ3v) is 2.99. The summed E-state index contributed by atoms with van der Waals surface area (Å²) >= 11 is 0. The average molecular weight is 266 g/mol. The summed E-state index contributed by atoms with van der Waals surface area (Å²) in [6.07, 6.45) is 6.90. The van der Waals surface area contributed by atoms with Crippen LogP contribution in [0.2, 0.25) is 0 Å². The van der Waals surface area contributed by atoms with E-state index >= 15 is 0 Å². The van der Waals surface area contributed by atoms with Crippen LogP contribution in [0.3, 0.4) is 0 Å². The molecule has 1 aromatic carbocycles. The number of pyridine rings is 1. The van der Waals surface area contributed by atoms with Gasteiger partial charge >= 0.3 is 0 Å². The fourth-order valence-electron chi connectivity index (χ4n) is 1.98. The summed E-state index contributed by atoms with van der Waals surface area (Å²) in [4.78, 5) is 4.22. The average Bonchev–Trinajstić information content (AvgIpc) is 2.99.